The molecule has 0 bridgehead atoms. The second kappa shape index (κ2) is 20.6. The Morgan fingerprint density at radius 2 is 1.42 bits per heavy atom. The molecule has 2 fully saturated rings. The van der Waals surface area contributed by atoms with E-state index >= 15 is 4.39 Å². The lowest BCUT2D eigenvalue weighted by molar-refractivity contribution is 0.0275. The van der Waals surface area contributed by atoms with E-state index in [1.54, 1.807) is 37.1 Å². The molecular formula is C61H61FN4O8. The quantitative estimate of drug-likeness (QED) is 0.0683. The molecule has 380 valence electrons. The SMILES string of the molecule is COC(=O)c1ccc(COc2c(-c3c(C)c(F)cc4nn(C(c5ccccc5)(c5ccccc5)c5ccccc5)cc34)c(C3CC3)cc3c(O[C@H]4CCN(C(=O)OC(C)(C)C)C4)cc(OC[C@@H](C)OC)nc23)cc1. The van der Waals surface area contributed by atoms with Crippen molar-refractivity contribution in [3.63, 3.8) is 0 Å². The van der Waals surface area contributed by atoms with Crippen molar-refractivity contribution in [2.75, 3.05) is 33.9 Å². The molecule has 2 atom stereocenters. The van der Waals surface area contributed by atoms with Crippen molar-refractivity contribution in [1.82, 2.24) is 19.7 Å². The zero-order chi connectivity index (χ0) is 51.7. The number of methoxy groups -OCH3 is 2. The van der Waals surface area contributed by atoms with Crippen LogP contribution in [-0.2, 0) is 26.4 Å². The lowest BCUT2D eigenvalue weighted by Gasteiger charge is -2.36. The number of benzene rings is 6. The maximum Gasteiger partial charge on any atom is 0.410 e. The Kier molecular flexibility index (Phi) is 13.9. The highest BCUT2D eigenvalue weighted by Crippen LogP contribution is 2.54. The highest BCUT2D eigenvalue weighted by atomic mass is 19.1. The topological polar surface area (TPSA) is 123 Å². The Morgan fingerprint density at radius 1 is 0.784 bits per heavy atom. The Hall–Kier alpha value is -7.77. The monoisotopic (exact) mass is 996 g/mol. The number of nitrogens with zero attached hydrogens (tertiary/aromatic N) is 4. The average Bonchev–Trinajstić information content (AvgIpc) is 4.02. The van der Waals surface area contributed by atoms with E-state index in [-0.39, 0.29) is 37.2 Å². The van der Waals surface area contributed by atoms with Gasteiger partial charge in [0.25, 0.3) is 0 Å². The van der Waals surface area contributed by atoms with Crippen molar-refractivity contribution >= 4 is 33.9 Å². The first kappa shape index (κ1) is 49.8. The van der Waals surface area contributed by atoms with Gasteiger partial charge in [-0.1, -0.05) is 103 Å². The second-order valence-corrected chi connectivity index (χ2v) is 20.3. The molecule has 8 aromatic rings. The van der Waals surface area contributed by atoms with E-state index in [1.807, 2.05) is 105 Å². The molecule has 0 radical (unpaired) electrons. The van der Waals surface area contributed by atoms with E-state index < -0.39 is 29.0 Å². The molecule has 2 aliphatic rings. The Labute approximate surface area is 430 Å². The normalized spacial score (nSPS) is 15.3. The molecule has 1 saturated heterocycles. The summed E-state index contributed by atoms with van der Waals surface area (Å²) in [4.78, 5) is 32.6. The third kappa shape index (κ3) is 9.88. The summed E-state index contributed by atoms with van der Waals surface area (Å²) in [6.45, 7) is 10.3. The third-order valence-electron chi connectivity index (χ3n) is 13.9. The fourth-order valence-corrected chi connectivity index (χ4v) is 10.0. The number of halogens is 1. The summed E-state index contributed by atoms with van der Waals surface area (Å²) in [5.41, 5.74) is 6.03. The Balaban J connectivity index is 1.22. The van der Waals surface area contributed by atoms with Crippen molar-refractivity contribution in [3.05, 3.63) is 184 Å². The Morgan fingerprint density at radius 3 is 2.00 bits per heavy atom. The third-order valence-corrected chi connectivity index (χ3v) is 13.9. The van der Waals surface area contributed by atoms with E-state index in [0.29, 0.717) is 69.7 Å². The second-order valence-electron chi connectivity index (χ2n) is 20.3. The molecule has 6 aromatic carbocycles. The van der Waals surface area contributed by atoms with Crippen molar-refractivity contribution in [1.29, 1.82) is 0 Å². The predicted octanol–water partition coefficient (Wildman–Crippen LogP) is 12.6. The van der Waals surface area contributed by atoms with E-state index in [2.05, 4.69) is 42.5 Å². The minimum Gasteiger partial charge on any atom is -0.488 e. The van der Waals surface area contributed by atoms with E-state index in [0.717, 1.165) is 46.0 Å². The zero-order valence-electron chi connectivity index (χ0n) is 42.9. The van der Waals surface area contributed by atoms with Crippen LogP contribution in [0.15, 0.2) is 140 Å². The number of aromatic nitrogens is 3. The van der Waals surface area contributed by atoms with Crippen LogP contribution in [0.25, 0.3) is 32.9 Å². The highest BCUT2D eigenvalue weighted by Gasteiger charge is 2.41. The largest absolute Gasteiger partial charge is 0.488 e. The molecule has 12 nitrogen and oxygen atoms in total. The first-order chi connectivity index (χ1) is 35.7. The number of amides is 1. The molecule has 1 aliphatic carbocycles. The van der Waals surface area contributed by atoms with E-state index in [1.165, 1.54) is 13.2 Å². The van der Waals surface area contributed by atoms with Gasteiger partial charge >= 0.3 is 12.1 Å². The number of ether oxygens (including phenoxy) is 6. The van der Waals surface area contributed by atoms with E-state index in [9.17, 15) is 9.59 Å². The smallest absolute Gasteiger partial charge is 0.410 e. The fourth-order valence-electron chi connectivity index (χ4n) is 10.0. The molecule has 1 amide bonds. The summed E-state index contributed by atoms with van der Waals surface area (Å²) in [5.74, 6) is 0.394. The van der Waals surface area contributed by atoms with Crippen molar-refractivity contribution in [2.45, 2.75) is 89.8 Å². The van der Waals surface area contributed by atoms with Crippen LogP contribution in [0.5, 0.6) is 17.4 Å². The van der Waals surface area contributed by atoms with Crippen LogP contribution < -0.4 is 14.2 Å². The van der Waals surface area contributed by atoms with Gasteiger partial charge in [-0.3, -0.25) is 4.68 Å². The van der Waals surface area contributed by atoms with Gasteiger partial charge < -0.3 is 33.3 Å². The number of hydrogen-bond acceptors (Lipinski definition) is 10. The van der Waals surface area contributed by atoms with Gasteiger partial charge in [0, 0.05) is 60.3 Å². The summed E-state index contributed by atoms with van der Waals surface area (Å²) in [5, 5.41) is 6.76. The van der Waals surface area contributed by atoms with Crippen LogP contribution in [0.1, 0.15) is 96.6 Å². The number of rotatable bonds is 16. The van der Waals surface area contributed by atoms with Gasteiger partial charge in [0.2, 0.25) is 5.88 Å². The number of esters is 1. The van der Waals surface area contributed by atoms with Crippen molar-refractivity contribution < 1.29 is 42.4 Å². The van der Waals surface area contributed by atoms with Crippen LogP contribution in [0.2, 0.25) is 0 Å². The van der Waals surface area contributed by atoms with Gasteiger partial charge in [0.05, 0.1) is 30.8 Å². The molecule has 74 heavy (non-hydrogen) atoms. The van der Waals surface area contributed by atoms with Crippen LogP contribution in [0.4, 0.5) is 9.18 Å². The molecular weight excluding hydrogens is 936 g/mol. The van der Waals surface area contributed by atoms with Crippen molar-refractivity contribution in [2.24, 2.45) is 0 Å². The summed E-state index contributed by atoms with van der Waals surface area (Å²) in [6.07, 6.45) is 3.37. The number of hydrogen-bond donors (Lipinski definition) is 0. The Bertz CT molecular complexity index is 3220. The molecule has 3 heterocycles. The summed E-state index contributed by atoms with van der Waals surface area (Å²) in [6, 6.07) is 43.3. The van der Waals surface area contributed by atoms with Crippen LogP contribution in [0, 0.1) is 12.7 Å². The average molecular weight is 997 g/mol. The van der Waals surface area contributed by atoms with Gasteiger partial charge in [-0.2, -0.15) is 5.10 Å². The maximum absolute atomic E-state index is 17.2. The van der Waals surface area contributed by atoms with Gasteiger partial charge in [-0.15, -0.1) is 0 Å². The fraction of sp³-hybridized carbons (Fsp3) is 0.311. The van der Waals surface area contributed by atoms with Gasteiger partial charge in [-0.25, -0.2) is 19.0 Å². The zero-order valence-corrected chi connectivity index (χ0v) is 42.9. The highest BCUT2D eigenvalue weighted by molar-refractivity contribution is 6.05. The lowest BCUT2D eigenvalue weighted by atomic mass is 9.77. The first-order valence-electron chi connectivity index (χ1n) is 25.2. The van der Waals surface area contributed by atoms with E-state index in [4.69, 9.17) is 38.5 Å². The number of carbonyl (C=O) groups is 2. The van der Waals surface area contributed by atoms with Crippen LogP contribution in [0.3, 0.4) is 0 Å². The summed E-state index contributed by atoms with van der Waals surface area (Å²) in [7, 11) is 2.97. The van der Waals surface area contributed by atoms with Crippen molar-refractivity contribution in [3.8, 4) is 28.5 Å². The van der Waals surface area contributed by atoms with Crippen LogP contribution in [-0.4, -0.2) is 83.5 Å². The first-order valence-corrected chi connectivity index (χ1v) is 25.2. The molecule has 0 spiro atoms. The van der Waals surface area contributed by atoms with Gasteiger partial charge in [0.15, 0.2) is 5.75 Å². The lowest BCUT2D eigenvalue weighted by Crippen LogP contribution is -2.38. The number of likely N-dealkylation sites (tertiary alicyclic amines) is 1. The number of carbonyl (C=O) groups excluding carboxylic acids is 2. The molecule has 13 heteroatoms. The van der Waals surface area contributed by atoms with Crippen LogP contribution >= 0.6 is 0 Å². The minimum absolute atomic E-state index is 0.0602. The molecule has 10 rings (SSSR count). The van der Waals surface area contributed by atoms with Gasteiger partial charge in [-0.05, 0) is 105 Å². The molecule has 1 aliphatic heterocycles. The van der Waals surface area contributed by atoms with Gasteiger partial charge in [0.1, 0.15) is 47.5 Å². The summed E-state index contributed by atoms with van der Waals surface area (Å²) < 4.78 is 55.9. The molecule has 0 unspecified atom stereocenters. The summed E-state index contributed by atoms with van der Waals surface area (Å²) >= 11 is 0. The predicted molar refractivity (Wildman–Crippen MR) is 283 cm³/mol. The molecule has 1 saturated carbocycles. The molecule has 0 N–H and O–H groups in total. The molecule has 2 aromatic heterocycles. The standard InChI is InChI=1S/C61H61FN4O8/c1-38(69-6)36-71-53-33-52(73-46-29-30-65(34-46)59(68)74-60(3,4)5)48-31-47(41-27-28-41)55(57(56(48)63-53)72-37-40-23-25-42(26-24-40)58(67)70-7)54-39(2)50(62)32-51-49(54)35-66(64-51)61(43-17-11-8-12-18-43,44-19-13-9-14-20-44)45-21-15-10-16-22-45/h8-26,31-33,35,38,41,46H,27-30,34,36-37H2,1-7H3/t38-,46+/m1/s1. The number of fused-ring (bicyclic) bond motifs is 2. The minimum atomic E-state index is -0.985. The number of pyridine rings is 1. The maximum atomic E-state index is 17.2.